The van der Waals surface area contributed by atoms with Crippen LogP contribution in [0.15, 0.2) is 36.4 Å². The fourth-order valence-electron chi connectivity index (χ4n) is 4.04. The predicted molar refractivity (Wildman–Crippen MR) is 126 cm³/mol. The van der Waals surface area contributed by atoms with Gasteiger partial charge in [-0.25, -0.2) is 9.36 Å². The van der Waals surface area contributed by atoms with Crippen molar-refractivity contribution < 1.29 is 67.6 Å². The van der Waals surface area contributed by atoms with Gasteiger partial charge in [0, 0.05) is 60.9 Å². The number of carboxylic acid groups (broad SMARTS) is 1. The van der Waals surface area contributed by atoms with Crippen LogP contribution >= 0.6 is 7.82 Å². The average molecular weight is 526 g/mol. The summed E-state index contributed by atoms with van der Waals surface area (Å²) in [6, 6.07) is 9.81. The number of rotatable bonds is 4. The van der Waals surface area contributed by atoms with Crippen molar-refractivity contribution in [3.63, 3.8) is 0 Å². The Hall–Kier alpha value is -1.78. The van der Waals surface area contributed by atoms with E-state index < -0.39 is 19.8 Å². The second-order valence-electron chi connectivity index (χ2n) is 7.81. The van der Waals surface area contributed by atoms with Gasteiger partial charge in [0.1, 0.15) is 23.1 Å². The van der Waals surface area contributed by atoms with Gasteiger partial charge in [-0.15, -0.1) is 0 Å². The Balaban J connectivity index is 0.00000228. The number of para-hydroxylation sites is 1. The molecule has 173 valence electrons. The molecule has 0 spiro atoms. The molecule has 12 heteroatoms. The van der Waals surface area contributed by atoms with Crippen LogP contribution in [0.25, 0.3) is 23.1 Å². The maximum Gasteiger partial charge on any atom is 1.00 e. The number of hydrogen-bond acceptors (Lipinski definition) is 6. The molecule has 0 saturated heterocycles. The molecule has 9 nitrogen and oxygen atoms in total. The van der Waals surface area contributed by atoms with E-state index in [1.807, 2.05) is 16.7 Å². The third-order valence-corrected chi connectivity index (χ3v) is 5.89. The molecule has 0 saturated carbocycles. The summed E-state index contributed by atoms with van der Waals surface area (Å²) >= 11 is 0. The molecule has 1 unspecified atom stereocenters. The zero-order valence-electron chi connectivity index (χ0n) is 20.4. The van der Waals surface area contributed by atoms with Gasteiger partial charge in [0.25, 0.3) is 0 Å². The number of benzene rings is 2. The molecule has 1 heterocycles. The van der Waals surface area contributed by atoms with Crippen LogP contribution < -0.4 is 54.9 Å². The van der Waals surface area contributed by atoms with Crippen molar-refractivity contribution in [1.82, 2.24) is 4.57 Å². The number of esters is 1. The molecule has 4 rings (SSSR count). The summed E-state index contributed by atoms with van der Waals surface area (Å²) in [6.07, 6.45) is 4.26. The number of pyridine rings is 1. The second kappa shape index (κ2) is 11.7. The van der Waals surface area contributed by atoms with Crippen molar-refractivity contribution >= 4 is 78.2 Å². The van der Waals surface area contributed by atoms with Crippen molar-refractivity contribution in [3.8, 4) is 5.75 Å². The number of aryl methyl sites for hydroxylation is 3. The van der Waals surface area contributed by atoms with E-state index in [0.29, 0.717) is 32.6 Å². The summed E-state index contributed by atoms with van der Waals surface area (Å²) in [4.78, 5) is 45.1. The first kappa shape index (κ1) is 30.4. The van der Waals surface area contributed by atoms with Gasteiger partial charge in [-0.2, -0.15) is 4.21 Å². The number of fused-ring (bicyclic) bond motifs is 2. The van der Waals surface area contributed by atoms with E-state index in [0.717, 1.165) is 0 Å². The maximum atomic E-state index is 13.5. The van der Waals surface area contributed by atoms with Crippen molar-refractivity contribution in [2.24, 2.45) is 7.05 Å². The monoisotopic (exact) mass is 526 g/mol. The first-order valence-electron chi connectivity index (χ1n) is 10.1. The topological polar surface area (TPSA) is 143 Å². The van der Waals surface area contributed by atoms with E-state index in [1.54, 1.807) is 39.1 Å². The Morgan fingerprint density at radius 3 is 2.44 bits per heavy atom. The molecular weight excluding hydrogens is 507 g/mol. The minimum Gasteiger partial charge on any atom is -0.695 e. The summed E-state index contributed by atoms with van der Waals surface area (Å²) in [5, 5.41) is 12.7. The first-order valence-corrected chi connectivity index (χ1v) is 11.6. The van der Waals surface area contributed by atoms with Crippen molar-refractivity contribution in [3.05, 3.63) is 75.6 Å². The molecule has 0 bridgehead atoms. The molecule has 0 aliphatic heterocycles. The number of aromatic nitrogens is 1. The molecule has 0 amide bonds. The fourth-order valence-corrected chi connectivity index (χ4v) is 4.42. The van der Waals surface area contributed by atoms with Gasteiger partial charge in [0.15, 0.2) is 22.2 Å². The van der Waals surface area contributed by atoms with Gasteiger partial charge in [-0.1, -0.05) is 0 Å². The van der Waals surface area contributed by atoms with E-state index >= 15 is 0 Å². The minimum absolute atomic E-state index is 0. The van der Waals surface area contributed by atoms with Crippen LogP contribution in [0.5, 0.6) is 5.75 Å². The van der Waals surface area contributed by atoms with E-state index in [4.69, 9.17) is 9.63 Å². The van der Waals surface area contributed by atoms with Crippen molar-refractivity contribution in [2.75, 3.05) is 0 Å². The average Bonchev–Trinajstić information content (AvgIpc) is 2.75. The third-order valence-electron chi connectivity index (χ3n) is 5.45. The number of ketones is 1. The molecule has 2 aromatic carbocycles. The predicted octanol–water partition coefficient (Wildman–Crippen LogP) is -3.37. The number of ether oxygens (including phenoxy) is 1. The maximum absolute atomic E-state index is 13.5. The van der Waals surface area contributed by atoms with Crippen LogP contribution in [0.4, 0.5) is 0 Å². The molecule has 1 radical (unpaired) electrons. The van der Waals surface area contributed by atoms with E-state index in [-0.39, 0.29) is 81.8 Å². The largest absolute Gasteiger partial charge is 1.00 e. The normalized spacial score (nSPS) is 14.6. The molecule has 1 atom stereocenters. The molecular formula is C24H19NNa2O8P+2. The number of carbonyl (C=O) groups is 2. The summed E-state index contributed by atoms with van der Waals surface area (Å²) in [7, 11) is -3.28. The van der Waals surface area contributed by atoms with Crippen LogP contribution in [0.2, 0.25) is 0 Å². The van der Waals surface area contributed by atoms with Crippen LogP contribution in [0.1, 0.15) is 31.8 Å². The quantitative estimate of drug-likeness (QED) is 0.0934. The van der Waals surface area contributed by atoms with Crippen LogP contribution in [0, 0.1) is 20.3 Å². The Morgan fingerprint density at radius 2 is 1.86 bits per heavy atom. The Bertz CT molecular complexity index is 1570. The molecule has 1 aromatic heterocycles. The van der Waals surface area contributed by atoms with E-state index in [2.05, 4.69) is 4.21 Å². The zero-order chi connectivity index (χ0) is 24.8. The first-order chi connectivity index (χ1) is 16.0. The number of aromatic carboxylic acids is 1. The van der Waals surface area contributed by atoms with Crippen LogP contribution in [-0.4, -0.2) is 56.7 Å². The molecule has 1 N–H and O–H groups in total. The van der Waals surface area contributed by atoms with E-state index in [9.17, 15) is 24.2 Å². The molecule has 0 fully saturated rings. The number of phosphoric acid groups is 1. The van der Waals surface area contributed by atoms with Crippen molar-refractivity contribution in [2.45, 2.75) is 13.8 Å². The number of nitrogens with zero attached hydrogens (tertiary/aromatic N) is 1. The van der Waals surface area contributed by atoms with Gasteiger partial charge in [0.2, 0.25) is 0 Å². The Kier molecular flexibility index (Phi) is 9.92. The third kappa shape index (κ3) is 6.19. The Morgan fingerprint density at radius 1 is 1.22 bits per heavy atom. The van der Waals surface area contributed by atoms with E-state index in [1.165, 1.54) is 24.6 Å². The summed E-state index contributed by atoms with van der Waals surface area (Å²) < 4.78 is 23.4. The fraction of sp³-hybridized carbons (Fsp3) is 0.125. The Labute approximate surface area is 250 Å². The van der Waals surface area contributed by atoms with Gasteiger partial charge in [-0.05, 0) is 42.7 Å². The number of carbonyl (C=O) groups excluding carboxylic acids is 3. The summed E-state index contributed by atoms with van der Waals surface area (Å²) in [6.45, 7) is 3.23. The smallest absolute Gasteiger partial charge is 0.695 e. The van der Waals surface area contributed by atoms with Gasteiger partial charge in [-0.3, -0.25) is 9.46 Å². The van der Waals surface area contributed by atoms with Gasteiger partial charge >= 0.3 is 49.1 Å². The molecule has 1 aliphatic carbocycles. The van der Waals surface area contributed by atoms with Crippen molar-refractivity contribution in [1.29, 1.82) is 0 Å². The standard InChI is InChI=1S/C24H18NO8P.2Na/c1-13-10-15(23(26)27)11-14(2)22(13)32-24(28)21-17-6-4-5-7-19(17)25(3)20-9-8-16(12-18(20)21)33-34(29,30)31;;/h4-12H,1-3H3;;/q;;+1/p+1. The zero-order valence-corrected chi connectivity index (χ0v) is 25.3. The SMILES string of the molecule is Cc1cc(C(=O)[O-])cc(C)c1OC(=O)c1c2c(n(C)[c+]3ccccc13)=C[CH+]C(=[O+]P(=O)([O-])O)C=2.[Na+].[Na]. The number of hydrogen-bond donors (Lipinski definition) is 1. The van der Waals surface area contributed by atoms with Gasteiger partial charge in [0.05, 0.1) is 12.0 Å². The second-order valence-corrected chi connectivity index (χ2v) is 8.93. The van der Waals surface area contributed by atoms with Crippen LogP contribution in [0.3, 0.4) is 0 Å². The number of carboxylic acids is 1. The minimum atomic E-state index is -5.07. The molecule has 1 aliphatic rings. The summed E-state index contributed by atoms with van der Waals surface area (Å²) in [5.74, 6) is -2.06. The van der Waals surface area contributed by atoms with Gasteiger partial charge < -0.3 is 19.5 Å². The molecule has 36 heavy (non-hydrogen) atoms. The summed E-state index contributed by atoms with van der Waals surface area (Å²) in [5.41, 5.74) is 1.69. The van der Waals surface area contributed by atoms with Crippen LogP contribution in [-0.2, 0) is 15.8 Å². The molecule has 3 aromatic rings.